The fourth-order valence-electron chi connectivity index (χ4n) is 1.70. The summed E-state index contributed by atoms with van der Waals surface area (Å²) < 4.78 is 0. The summed E-state index contributed by atoms with van der Waals surface area (Å²) in [5, 5.41) is 11.3. The van der Waals surface area contributed by atoms with Crippen LogP contribution in [-0.2, 0) is 11.2 Å². The molecule has 9 heteroatoms. The van der Waals surface area contributed by atoms with Gasteiger partial charge in [0.2, 0.25) is 5.91 Å². The highest BCUT2D eigenvalue weighted by molar-refractivity contribution is 7.99. The van der Waals surface area contributed by atoms with Gasteiger partial charge in [0, 0.05) is 11.1 Å². The molecule has 0 aromatic carbocycles. The standard InChI is InChI=1S/C13H12N6OS2/c1-8-6-14-12(21-8)18-10(20)5-9-3-2-4-11(17-9)22-13-15-7-16-19-13/h2-4,6-7H,5H2,1H3,(H,14,18,20)(H,15,16,19). The molecule has 112 valence electrons. The molecule has 0 saturated carbocycles. The van der Waals surface area contributed by atoms with Gasteiger partial charge < -0.3 is 5.32 Å². The third kappa shape index (κ3) is 3.89. The number of anilines is 1. The van der Waals surface area contributed by atoms with E-state index in [4.69, 9.17) is 0 Å². The summed E-state index contributed by atoms with van der Waals surface area (Å²) in [5.74, 6) is -0.135. The molecule has 0 aliphatic rings. The Balaban J connectivity index is 1.63. The Labute approximate surface area is 134 Å². The molecule has 3 aromatic heterocycles. The van der Waals surface area contributed by atoms with Crippen molar-refractivity contribution in [2.45, 2.75) is 23.5 Å². The number of aromatic nitrogens is 5. The number of carbonyl (C=O) groups excluding carboxylic acids is 1. The largest absolute Gasteiger partial charge is 0.302 e. The minimum atomic E-state index is -0.135. The first-order valence-corrected chi connectivity index (χ1v) is 8.04. The van der Waals surface area contributed by atoms with E-state index >= 15 is 0 Å². The average molecular weight is 332 g/mol. The van der Waals surface area contributed by atoms with Gasteiger partial charge in [-0.2, -0.15) is 5.10 Å². The predicted octanol–water partition coefficient (Wildman–Crippen LogP) is 2.30. The van der Waals surface area contributed by atoms with Gasteiger partial charge in [0.25, 0.3) is 0 Å². The van der Waals surface area contributed by atoms with Crippen LogP contribution in [0, 0.1) is 6.92 Å². The van der Waals surface area contributed by atoms with Crippen LogP contribution in [0.3, 0.4) is 0 Å². The molecule has 1 amide bonds. The molecule has 0 fully saturated rings. The van der Waals surface area contributed by atoms with Gasteiger partial charge in [0.15, 0.2) is 10.3 Å². The number of nitrogens with one attached hydrogen (secondary N) is 2. The number of thiazole rings is 1. The number of hydrogen-bond acceptors (Lipinski definition) is 7. The lowest BCUT2D eigenvalue weighted by atomic mass is 10.2. The molecule has 0 atom stereocenters. The van der Waals surface area contributed by atoms with Crippen LogP contribution in [0.2, 0.25) is 0 Å². The number of H-pyrrole nitrogens is 1. The number of aryl methyl sites for hydroxylation is 1. The Morgan fingerprint density at radius 2 is 2.32 bits per heavy atom. The fourth-order valence-corrected chi connectivity index (χ4v) is 3.08. The van der Waals surface area contributed by atoms with E-state index in [0.29, 0.717) is 16.0 Å². The molecule has 22 heavy (non-hydrogen) atoms. The average Bonchev–Trinajstić information content (AvgIpc) is 3.11. The number of pyridine rings is 1. The first-order valence-electron chi connectivity index (χ1n) is 6.40. The second kappa shape index (κ2) is 6.67. The first kappa shape index (κ1) is 14.7. The molecule has 0 radical (unpaired) electrons. The van der Waals surface area contributed by atoms with E-state index in [1.165, 1.54) is 29.4 Å². The SMILES string of the molecule is Cc1cnc(NC(=O)Cc2cccc(Sc3ncn[nH]3)n2)s1. The van der Waals surface area contributed by atoms with Crippen LogP contribution >= 0.6 is 23.1 Å². The quantitative estimate of drug-likeness (QED) is 0.744. The molecule has 3 heterocycles. The monoisotopic (exact) mass is 332 g/mol. The molecule has 7 nitrogen and oxygen atoms in total. The number of carbonyl (C=O) groups is 1. The van der Waals surface area contributed by atoms with Gasteiger partial charge in [-0.3, -0.25) is 9.89 Å². The zero-order chi connectivity index (χ0) is 15.4. The number of nitrogens with zero attached hydrogens (tertiary/aromatic N) is 4. The van der Waals surface area contributed by atoms with Gasteiger partial charge in [-0.15, -0.1) is 11.3 Å². The number of aromatic amines is 1. The molecule has 0 bridgehead atoms. The zero-order valence-electron chi connectivity index (χ0n) is 11.6. The smallest absolute Gasteiger partial charge is 0.232 e. The highest BCUT2D eigenvalue weighted by Crippen LogP contribution is 2.22. The number of hydrogen-bond donors (Lipinski definition) is 2. The maximum Gasteiger partial charge on any atom is 0.232 e. The molecule has 0 aliphatic heterocycles. The lowest BCUT2D eigenvalue weighted by Gasteiger charge is -2.03. The van der Waals surface area contributed by atoms with E-state index in [2.05, 4.69) is 30.5 Å². The number of amides is 1. The molecule has 0 spiro atoms. The Morgan fingerprint density at radius 1 is 1.41 bits per heavy atom. The van der Waals surface area contributed by atoms with E-state index in [9.17, 15) is 4.79 Å². The van der Waals surface area contributed by atoms with Gasteiger partial charge >= 0.3 is 0 Å². The summed E-state index contributed by atoms with van der Waals surface area (Å²) >= 11 is 2.81. The van der Waals surface area contributed by atoms with Gasteiger partial charge in [0.1, 0.15) is 11.4 Å². The summed E-state index contributed by atoms with van der Waals surface area (Å²) in [4.78, 5) is 25.6. The lowest BCUT2D eigenvalue weighted by molar-refractivity contribution is -0.115. The van der Waals surface area contributed by atoms with E-state index in [-0.39, 0.29) is 12.3 Å². The summed E-state index contributed by atoms with van der Waals surface area (Å²) in [7, 11) is 0. The van der Waals surface area contributed by atoms with Crippen LogP contribution < -0.4 is 5.32 Å². The summed E-state index contributed by atoms with van der Waals surface area (Å²) in [5.41, 5.74) is 0.690. The van der Waals surface area contributed by atoms with Crippen LogP contribution in [0.15, 0.2) is 40.9 Å². The topological polar surface area (TPSA) is 96.5 Å². The lowest BCUT2D eigenvalue weighted by Crippen LogP contribution is -2.15. The first-order chi connectivity index (χ1) is 10.7. The summed E-state index contributed by atoms with van der Waals surface area (Å²) in [6.07, 6.45) is 3.37. The highest BCUT2D eigenvalue weighted by Gasteiger charge is 2.09. The van der Waals surface area contributed by atoms with Crippen LogP contribution in [-0.4, -0.2) is 31.1 Å². The third-order valence-electron chi connectivity index (χ3n) is 2.58. The Bertz CT molecular complexity index is 770. The Morgan fingerprint density at radius 3 is 3.05 bits per heavy atom. The van der Waals surface area contributed by atoms with Crippen LogP contribution in [0.5, 0.6) is 0 Å². The van der Waals surface area contributed by atoms with E-state index < -0.39 is 0 Å². The third-order valence-corrected chi connectivity index (χ3v) is 4.24. The van der Waals surface area contributed by atoms with Crippen LogP contribution in [0.4, 0.5) is 5.13 Å². The molecule has 3 rings (SSSR count). The molecule has 0 saturated heterocycles. The molecular weight excluding hydrogens is 320 g/mol. The van der Waals surface area contributed by atoms with E-state index in [1.807, 2.05) is 25.1 Å². The van der Waals surface area contributed by atoms with Crippen molar-refractivity contribution in [3.63, 3.8) is 0 Å². The van der Waals surface area contributed by atoms with Crippen LogP contribution in [0.25, 0.3) is 0 Å². The van der Waals surface area contributed by atoms with Gasteiger partial charge in [-0.25, -0.2) is 15.0 Å². The van der Waals surface area contributed by atoms with Crippen molar-refractivity contribution in [3.05, 3.63) is 41.3 Å². The minimum absolute atomic E-state index is 0.135. The second-order valence-electron chi connectivity index (χ2n) is 4.36. The maximum absolute atomic E-state index is 12.0. The minimum Gasteiger partial charge on any atom is -0.302 e. The second-order valence-corrected chi connectivity index (χ2v) is 6.60. The summed E-state index contributed by atoms with van der Waals surface area (Å²) in [6, 6.07) is 5.54. The zero-order valence-corrected chi connectivity index (χ0v) is 13.2. The van der Waals surface area contributed by atoms with Gasteiger partial charge in [-0.1, -0.05) is 6.07 Å². The van der Waals surface area contributed by atoms with Crippen molar-refractivity contribution >= 4 is 34.1 Å². The maximum atomic E-state index is 12.0. The summed E-state index contributed by atoms with van der Waals surface area (Å²) in [6.45, 7) is 1.94. The number of rotatable bonds is 5. The van der Waals surface area contributed by atoms with Crippen molar-refractivity contribution in [1.82, 2.24) is 25.1 Å². The molecule has 2 N–H and O–H groups in total. The normalized spacial score (nSPS) is 10.6. The Kier molecular flexibility index (Phi) is 4.45. The van der Waals surface area contributed by atoms with E-state index in [0.717, 1.165) is 9.90 Å². The molecule has 0 unspecified atom stereocenters. The molecular formula is C13H12N6OS2. The van der Waals surface area contributed by atoms with Crippen molar-refractivity contribution in [2.24, 2.45) is 0 Å². The Hall–Kier alpha value is -2.26. The van der Waals surface area contributed by atoms with Crippen molar-refractivity contribution in [3.8, 4) is 0 Å². The van der Waals surface area contributed by atoms with Gasteiger partial charge in [-0.05, 0) is 30.8 Å². The fraction of sp³-hybridized carbons (Fsp3) is 0.154. The molecule has 3 aromatic rings. The van der Waals surface area contributed by atoms with E-state index in [1.54, 1.807) is 6.20 Å². The molecule has 0 aliphatic carbocycles. The van der Waals surface area contributed by atoms with Crippen molar-refractivity contribution < 1.29 is 4.79 Å². The van der Waals surface area contributed by atoms with Crippen molar-refractivity contribution in [2.75, 3.05) is 5.32 Å². The van der Waals surface area contributed by atoms with Crippen molar-refractivity contribution in [1.29, 1.82) is 0 Å². The highest BCUT2D eigenvalue weighted by atomic mass is 32.2. The predicted molar refractivity (Wildman–Crippen MR) is 83.9 cm³/mol. The van der Waals surface area contributed by atoms with Gasteiger partial charge in [0.05, 0.1) is 12.1 Å². The van der Waals surface area contributed by atoms with Crippen LogP contribution in [0.1, 0.15) is 10.6 Å².